The third kappa shape index (κ3) is 0.772. The lowest BCUT2D eigenvalue weighted by Gasteiger charge is -1.98. The van der Waals surface area contributed by atoms with Crippen LogP contribution >= 0.6 is 0 Å². The molecule has 0 fully saturated rings. The topological polar surface area (TPSA) is 59.6 Å². The Morgan fingerprint density at radius 3 is 3.18 bits per heavy atom. The molecule has 2 heterocycles. The van der Waals surface area contributed by atoms with Crippen LogP contribution in [0.2, 0.25) is 0 Å². The highest BCUT2D eigenvalue weighted by Gasteiger charge is 2.10. The zero-order valence-electron chi connectivity index (χ0n) is 5.98. The molecule has 0 unspecified atom stereocenters. The molecule has 1 aliphatic rings. The lowest BCUT2D eigenvalue weighted by molar-refractivity contribution is 0.715. The zero-order chi connectivity index (χ0) is 7.84. The third-order valence-corrected chi connectivity index (χ3v) is 1.58. The van der Waals surface area contributed by atoms with E-state index in [1.165, 1.54) is 10.8 Å². The van der Waals surface area contributed by atoms with Gasteiger partial charge in [0.2, 0.25) is 0 Å². The summed E-state index contributed by atoms with van der Waals surface area (Å²) in [6.45, 7) is 2.16. The van der Waals surface area contributed by atoms with Crippen molar-refractivity contribution in [2.24, 2.45) is 10.2 Å². The average Bonchev–Trinajstić information content (AvgIpc) is 2.45. The van der Waals surface area contributed by atoms with Crippen LogP contribution in [-0.4, -0.2) is 9.55 Å². The summed E-state index contributed by atoms with van der Waals surface area (Å²) in [5.74, 6) is 0.630. The summed E-state index contributed by atoms with van der Waals surface area (Å²) in [4.78, 5) is 14.6. The molecule has 0 aromatic carbocycles. The fourth-order valence-corrected chi connectivity index (χ4v) is 1.01. The number of aryl methyl sites for hydroxylation is 1. The van der Waals surface area contributed by atoms with Gasteiger partial charge in [-0.25, -0.2) is 9.78 Å². The first-order valence-corrected chi connectivity index (χ1v) is 3.23. The summed E-state index contributed by atoms with van der Waals surface area (Å²) in [6.07, 6.45) is 1.51. The van der Waals surface area contributed by atoms with Gasteiger partial charge in [0, 0.05) is 11.8 Å². The van der Waals surface area contributed by atoms with E-state index in [9.17, 15) is 4.79 Å². The molecule has 0 saturated carbocycles. The number of azo groups is 1. The Hall–Kier alpha value is -1.52. The van der Waals surface area contributed by atoms with Gasteiger partial charge in [-0.2, -0.15) is 5.11 Å². The van der Waals surface area contributed by atoms with Crippen LogP contribution in [0, 0.1) is 6.92 Å². The Bertz CT molecular complexity index is 379. The second-order valence-electron chi connectivity index (χ2n) is 2.36. The first kappa shape index (κ1) is 6.21. The van der Waals surface area contributed by atoms with E-state index in [1.807, 2.05) is 6.92 Å². The first-order chi connectivity index (χ1) is 5.29. The van der Waals surface area contributed by atoms with E-state index >= 15 is 0 Å². The van der Waals surface area contributed by atoms with Crippen molar-refractivity contribution in [2.45, 2.75) is 13.6 Å². The smallest absolute Gasteiger partial charge is 0.252 e. The lowest BCUT2D eigenvalue weighted by atomic mass is 10.3. The quantitative estimate of drug-likeness (QED) is 0.543. The highest BCUT2D eigenvalue weighted by atomic mass is 16.1. The predicted molar refractivity (Wildman–Crippen MR) is 37.8 cm³/mol. The average molecular weight is 150 g/mol. The molecular formula is C6H6N4O. The highest BCUT2D eigenvalue weighted by Crippen LogP contribution is 2.19. The van der Waals surface area contributed by atoms with Gasteiger partial charge >= 0.3 is 5.69 Å². The summed E-state index contributed by atoms with van der Waals surface area (Å²) in [6, 6.07) is 0. The molecule has 0 aliphatic carbocycles. The molecule has 56 valence electrons. The van der Waals surface area contributed by atoms with Gasteiger partial charge in [0.25, 0.3) is 0 Å². The van der Waals surface area contributed by atoms with Crippen molar-refractivity contribution in [3.05, 3.63) is 22.2 Å². The van der Waals surface area contributed by atoms with Gasteiger partial charge in [-0.1, -0.05) is 0 Å². The second-order valence-corrected chi connectivity index (χ2v) is 2.36. The fraction of sp³-hybridized carbons (Fsp3) is 0.333. The minimum absolute atomic E-state index is 0.282. The number of nitrogens with zero attached hydrogens (tertiary/aromatic N) is 4. The summed E-state index contributed by atoms with van der Waals surface area (Å²) >= 11 is 0. The van der Waals surface area contributed by atoms with Crippen molar-refractivity contribution in [1.29, 1.82) is 0 Å². The van der Waals surface area contributed by atoms with Crippen LogP contribution in [0.15, 0.2) is 21.2 Å². The van der Waals surface area contributed by atoms with E-state index in [-0.39, 0.29) is 5.69 Å². The molecule has 0 bridgehead atoms. The molecule has 1 aromatic heterocycles. The lowest BCUT2D eigenvalue weighted by Crippen LogP contribution is -2.20. The number of rotatable bonds is 0. The van der Waals surface area contributed by atoms with Crippen LogP contribution in [-0.2, 0) is 6.67 Å². The standard InChI is InChI=1S/C6H6N4O/c1-4-2-7-6(11)10-3-8-9-5(4)10/h2H,3H2,1H3. The van der Waals surface area contributed by atoms with Gasteiger partial charge in [-0.05, 0) is 6.92 Å². The third-order valence-electron chi connectivity index (χ3n) is 1.58. The number of fused-ring (bicyclic) bond motifs is 1. The van der Waals surface area contributed by atoms with Crippen molar-refractivity contribution in [3.63, 3.8) is 0 Å². The molecule has 0 N–H and O–H groups in total. The first-order valence-electron chi connectivity index (χ1n) is 3.23. The molecule has 11 heavy (non-hydrogen) atoms. The summed E-state index contributed by atoms with van der Waals surface area (Å²) in [7, 11) is 0. The normalized spacial score (nSPS) is 13.5. The number of aromatic nitrogens is 2. The predicted octanol–water partition coefficient (Wildman–Crippen LogP) is 0.607. The molecule has 0 atom stereocenters. The molecule has 0 spiro atoms. The molecule has 0 radical (unpaired) electrons. The molecule has 5 nitrogen and oxygen atoms in total. The minimum Gasteiger partial charge on any atom is -0.252 e. The Morgan fingerprint density at radius 1 is 1.64 bits per heavy atom. The van der Waals surface area contributed by atoms with Gasteiger partial charge in [-0.15, -0.1) is 5.11 Å². The van der Waals surface area contributed by atoms with E-state index in [4.69, 9.17) is 0 Å². The van der Waals surface area contributed by atoms with E-state index in [2.05, 4.69) is 15.2 Å². The molecule has 0 saturated heterocycles. The van der Waals surface area contributed by atoms with Gasteiger partial charge in [0.15, 0.2) is 5.82 Å². The van der Waals surface area contributed by atoms with E-state index in [0.29, 0.717) is 12.5 Å². The van der Waals surface area contributed by atoms with Gasteiger partial charge in [0.1, 0.15) is 6.67 Å². The van der Waals surface area contributed by atoms with Crippen molar-refractivity contribution in [1.82, 2.24) is 9.55 Å². The van der Waals surface area contributed by atoms with Crippen LogP contribution in [0.5, 0.6) is 0 Å². The van der Waals surface area contributed by atoms with Gasteiger partial charge in [-0.3, -0.25) is 4.57 Å². The summed E-state index contributed by atoms with van der Waals surface area (Å²) < 4.78 is 1.44. The van der Waals surface area contributed by atoms with Crippen LogP contribution < -0.4 is 5.69 Å². The Balaban J connectivity index is 2.81. The SMILES string of the molecule is Cc1cnc(=O)n2c1N=NC2. The van der Waals surface area contributed by atoms with Crippen LogP contribution in [0.3, 0.4) is 0 Å². The molecule has 1 aliphatic heterocycles. The van der Waals surface area contributed by atoms with Gasteiger partial charge in [0.05, 0.1) is 0 Å². The van der Waals surface area contributed by atoms with E-state index < -0.39 is 0 Å². The molecule has 1 aromatic rings. The maximum Gasteiger partial charge on any atom is 0.350 e. The number of hydrogen-bond donors (Lipinski definition) is 0. The zero-order valence-corrected chi connectivity index (χ0v) is 5.98. The molecular weight excluding hydrogens is 144 g/mol. The number of hydrogen-bond acceptors (Lipinski definition) is 4. The van der Waals surface area contributed by atoms with Crippen LogP contribution in [0.1, 0.15) is 5.56 Å². The molecule has 2 rings (SSSR count). The maximum atomic E-state index is 11.0. The monoisotopic (exact) mass is 150 g/mol. The maximum absolute atomic E-state index is 11.0. The Kier molecular flexibility index (Phi) is 1.12. The van der Waals surface area contributed by atoms with E-state index in [0.717, 1.165) is 5.56 Å². The minimum atomic E-state index is -0.282. The largest absolute Gasteiger partial charge is 0.350 e. The Morgan fingerprint density at radius 2 is 2.45 bits per heavy atom. The van der Waals surface area contributed by atoms with Crippen molar-refractivity contribution >= 4 is 5.82 Å². The highest BCUT2D eigenvalue weighted by molar-refractivity contribution is 5.36. The Labute approximate surface area is 62.4 Å². The van der Waals surface area contributed by atoms with Crippen molar-refractivity contribution < 1.29 is 0 Å². The molecule has 0 amide bonds. The second kappa shape index (κ2) is 1.98. The summed E-state index contributed by atoms with van der Waals surface area (Å²) in [5, 5.41) is 7.53. The molecule has 5 heteroatoms. The van der Waals surface area contributed by atoms with Gasteiger partial charge < -0.3 is 0 Å². The fourth-order valence-electron chi connectivity index (χ4n) is 1.01. The van der Waals surface area contributed by atoms with Crippen LogP contribution in [0.4, 0.5) is 5.82 Å². The van der Waals surface area contributed by atoms with E-state index in [1.54, 1.807) is 0 Å². The van der Waals surface area contributed by atoms with Crippen molar-refractivity contribution in [3.8, 4) is 0 Å². The van der Waals surface area contributed by atoms with Crippen molar-refractivity contribution in [2.75, 3.05) is 0 Å². The van der Waals surface area contributed by atoms with Crippen LogP contribution in [0.25, 0.3) is 0 Å². The summed E-state index contributed by atoms with van der Waals surface area (Å²) in [5.41, 5.74) is 0.599.